The van der Waals surface area contributed by atoms with E-state index in [4.69, 9.17) is 10.5 Å². The number of nitrogens with two attached hydrogens (primary N) is 1. The van der Waals surface area contributed by atoms with Gasteiger partial charge in [-0.05, 0) is 56.4 Å². The van der Waals surface area contributed by atoms with Crippen LogP contribution in [0, 0.1) is 17.8 Å². The molecule has 0 spiro atoms. The zero-order valence-corrected chi connectivity index (χ0v) is 13.3. The van der Waals surface area contributed by atoms with Crippen molar-refractivity contribution in [2.75, 3.05) is 26.7 Å². The maximum Gasteiger partial charge on any atom is 0.0724 e. The number of hydrogen-bond acceptors (Lipinski definition) is 3. The second kappa shape index (κ2) is 5.94. The minimum Gasteiger partial charge on any atom is -0.380 e. The summed E-state index contributed by atoms with van der Waals surface area (Å²) in [6, 6.07) is 0. The summed E-state index contributed by atoms with van der Waals surface area (Å²) in [7, 11) is 1.87. The molecule has 116 valence electrons. The molecule has 3 rings (SSSR count). The largest absolute Gasteiger partial charge is 0.380 e. The molecule has 0 aromatic rings. The number of ether oxygens (including phenoxy) is 1. The predicted octanol–water partition coefficient (Wildman–Crippen LogP) is 2.64. The van der Waals surface area contributed by atoms with Gasteiger partial charge in [0.1, 0.15) is 0 Å². The summed E-state index contributed by atoms with van der Waals surface area (Å²) >= 11 is 0. The molecule has 4 unspecified atom stereocenters. The van der Waals surface area contributed by atoms with E-state index in [1.54, 1.807) is 0 Å². The number of methoxy groups -OCH3 is 1. The summed E-state index contributed by atoms with van der Waals surface area (Å²) in [5.41, 5.74) is 6.57. The Labute approximate surface area is 124 Å². The van der Waals surface area contributed by atoms with E-state index in [0.717, 1.165) is 24.9 Å². The van der Waals surface area contributed by atoms with Crippen LogP contribution >= 0.6 is 0 Å². The Hall–Kier alpha value is -0.120. The number of piperidine rings is 1. The van der Waals surface area contributed by atoms with Gasteiger partial charge in [-0.15, -0.1) is 0 Å². The lowest BCUT2D eigenvalue weighted by Gasteiger charge is -2.52. The van der Waals surface area contributed by atoms with E-state index >= 15 is 0 Å². The van der Waals surface area contributed by atoms with E-state index in [1.807, 2.05) is 7.11 Å². The highest BCUT2D eigenvalue weighted by Crippen LogP contribution is 2.48. The van der Waals surface area contributed by atoms with Crippen LogP contribution < -0.4 is 5.73 Å². The van der Waals surface area contributed by atoms with E-state index in [2.05, 4.69) is 11.8 Å². The van der Waals surface area contributed by atoms with Crippen LogP contribution in [0.3, 0.4) is 0 Å². The molecule has 4 atom stereocenters. The normalized spacial score (nSPS) is 43.6. The Balaban J connectivity index is 1.70. The van der Waals surface area contributed by atoms with Crippen molar-refractivity contribution in [3.05, 3.63) is 0 Å². The van der Waals surface area contributed by atoms with Crippen molar-refractivity contribution in [2.45, 2.75) is 63.5 Å². The monoisotopic (exact) mass is 280 g/mol. The smallest absolute Gasteiger partial charge is 0.0724 e. The number of likely N-dealkylation sites (tertiary alicyclic amines) is 1. The Morgan fingerprint density at radius 2 is 2.00 bits per heavy atom. The van der Waals surface area contributed by atoms with Crippen LogP contribution in [0.25, 0.3) is 0 Å². The summed E-state index contributed by atoms with van der Waals surface area (Å²) in [4.78, 5) is 2.70. The van der Waals surface area contributed by atoms with Crippen molar-refractivity contribution in [3.63, 3.8) is 0 Å². The highest BCUT2D eigenvalue weighted by Gasteiger charge is 2.46. The molecule has 3 fully saturated rings. The van der Waals surface area contributed by atoms with Crippen LogP contribution in [0.1, 0.15) is 51.9 Å². The minimum absolute atomic E-state index is 0.280. The van der Waals surface area contributed by atoms with Crippen LogP contribution in [-0.2, 0) is 4.74 Å². The summed E-state index contributed by atoms with van der Waals surface area (Å²) < 4.78 is 5.72. The van der Waals surface area contributed by atoms with Gasteiger partial charge in [0.15, 0.2) is 0 Å². The van der Waals surface area contributed by atoms with Crippen LogP contribution in [0.15, 0.2) is 0 Å². The molecule has 0 radical (unpaired) electrons. The maximum absolute atomic E-state index is 6.29. The van der Waals surface area contributed by atoms with Gasteiger partial charge in [-0.3, -0.25) is 4.90 Å². The molecule has 3 nitrogen and oxygen atoms in total. The van der Waals surface area contributed by atoms with Crippen molar-refractivity contribution >= 4 is 0 Å². The molecule has 0 amide bonds. The predicted molar refractivity (Wildman–Crippen MR) is 82.6 cm³/mol. The first kappa shape index (κ1) is 14.8. The molecule has 3 aliphatic rings. The van der Waals surface area contributed by atoms with Crippen LogP contribution in [-0.4, -0.2) is 43.3 Å². The molecule has 2 aliphatic carbocycles. The Bertz CT molecular complexity index is 331. The molecule has 2 saturated carbocycles. The van der Waals surface area contributed by atoms with E-state index in [9.17, 15) is 0 Å². The fraction of sp³-hybridized carbons (Fsp3) is 1.00. The van der Waals surface area contributed by atoms with Gasteiger partial charge in [-0.25, -0.2) is 0 Å². The molecule has 0 aromatic heterocycles. The third-order valence-corrected chi connectivity index (χ3v) is 6.39. The first-order valence-corrected chi connectivity index (χ1v) is 8.66. The first-order chi connectivity index (χ1) is 9.68. The van der Waals surface area contributed by atoms with Crippen LogP contribution in [0.5, 0.6) is 0 Å². The highest BCUT2D eigenvalue weighted by atomic mass is 16.5. The minimum atomic E-state index is 0.280. The summed E-state index contributed by atoms with van der Waals surface area (Å²) in [5, 5.41) is 0. The van der Waals surface area contributed by atoms with Crippen molar-refractivity contribution in [1.29, 1.82) is 0 Å². The third-order valence-electron chi connectivity index (χ3n) is 6.39. The zero-order valence-electron chi connectivity index (χ0n) is 13.3. The second-order valence-corrected chi connectivity index (χ2v) is 7.61. The fourth-order valence-electron chi connectivity index (χ4n) is 4.73. The average molecular weight is 280 g/mol. The van der Waals surface area contributed by atoms with Gasteiger partial charge in [0.05, 0.1) is 6.10 Å². The molecule has 20 heavy (non-hydrogen) atoms. The number of nitrogens with zero attached hydrogens (tertiary/aromatic N) is 1. The van der Waals surface area contributed by atoms with Crippen LogP contribution in [0.4, 0.5) is 0 Å². The van der Waals surface area contributed by atoms with Gasteiger partial charge in [0, 0.05) is 25.7 Å². The lowest BCUT2D eigenvalue weighted by molar-refractivity contribution is -0.0621. The zero-order chi connectivity index (χ0) is 14.2. The molecule has 0 aromatic carbocycles. The van der Waals surface area contributed by atoms with E-state index < -0.39 is 0 Å². The maximum atomic E-state index is 6.29. The Kier molecular flexibility index (Phi) is 4.40. The quantitative estimate of drug-likeness (QED) is 0.860. The summed E-state index contributed by atoms with van der Waals surface area (Å²) in [6.07, 6.45) is 10.1. The molecular formula is C17H32N2O. The van der Waals surface area contributed by atoms with Gasteiger partial charge in [0.25, 0.3) is 0 Å². The van der Waals surface area contributed by atoms with Gasteiger partial charge >= 0.3 is 0 Å². The van der Waals surface area contributed by atoms with Gasteiger partial charge in [-0.1, -0.05) is 19.8 Å². The number of hydrogen-bond donors (Lipinski definition) is 1. The summed E-state index contributed by atoms with van der Waals surface area (Å²) in [5.74, 6) is 2.67. The van der Waals surface area contributed by atoms with Gasteiger partial charge < -0.3 is 10.5 Å². The fourth-order valence-corrected chi connectivity index (χ4v) is 4.73. The lowest BCUT2D eigenvalue weighted by atomic mass is 9.72. The molecule has 0 bridgehead atoms. The van der Waals surface area contributed by atoms with Crippen LogP contribution in [0.2, 0.25) is 0 Å². The van der Waals surface area contributed by atoms with E-state index in [-0.39, 0.29) is 5.54 Å². The molecular weight excluding hydrogens is 248 g/mol. The summed E-state index contributed by atoms with van der Waals surface area (Å²) in [6.45, 7) is 5.47. The molecule has 2 N–H and O–H groups in total. The third kappa shape index (κ3) is 2.77. The molecule has 1 heterocycles. The SMILES string of the molecule is COC1CN(C2(CN)CCCC(C3CC3)C2)CCC1C. The van der Waals surface area contributed by atoms with Crippen molar-refractivity contribution in [2.24, 2.45) is 23.5 Å². The highest BCUT2D eigenvalue weighted by molar-refractivity contribution is 5.01. The Morgan fingerprint density at radius 1 is 1.20 bits per heavy atom. The van der Waals surface area contributed by atoms with E-state index in [0.29, 0.717) is 12.0 Å². The number of rotatable bonds is 4. The van der Waals surface area contributed by atoms with Crippen molar-refractivity contribution in [3.8, 4) is 0 Å². The Morgan fingerprint density at radius 3 is 2.65 bits per heavy atom. The van der Waals surface area contributed by atoms with Crippen molar-refractivity contribution < 1.29 is 4.74 Å². The topological polar surface area (TPSA) is 38.5 Å². The van der Waals surface area contributed by atoms with Crippen molar-refractivity contribution in [1.82, 2.24) is 4.90 Å². The molecule has 3 heteroatoms. The standard InChI is InChI=1S/C17H32N2O/c1-13-7-9-19(11-16(13)20-2)17(12-18)8-3-4-15(10-17)14-5-6-14/h13-16H,3-12,18H2,1-2H3. The lowest BCUT2D eigenvalue weighted by Crippen LogP contribution is -2.61. The van der Waals surface area contributed by atoms with Gasteiger partial charge in [0.2, 0.25) is 0 Å². The van der Waals surface area contributed by atoms with E-state index in [1.165, 1.54) is 51.5 Å². The average Bonchev–Trinajstić information content (AvgIpc) is 3.32. The second-order valence-electron chi connectivity index (χ2n) is 7.61. The first-order valence-electron chi connectivity index (χ1n) is 8.66. The molecule has 1 aliphatic heterocycles. The molecule has 1 saturated heterocycles. The van der Waals surface area contributed by atoms with Gasteiger partial charge in [-0.2, -0.15) is 0 Å².